The van der Waals surface area contributed by atoms with Gasteiger partial charge in [-0.2, -0.15) is 0 Å². The molecule has 0 aliphatic carbocycles. The number of rotatable bonds is 2. The summed E-state index contributed by atoms with van der Waals surface area (Å²) in [6.07, 6.45) is 0.852. The van der Waals surface area contributed by atoms with Crippen LogP contribution in [0.2, 0.25) is 5.02 Å². The molecule has 0 saturated carbocycles. The van der Waals surface area contributed by atoms with E-state index in [0.717, 1.165) is 21.6 Å². The van der Waals surface area contributed by atoms with E-state index in [2.05, 4.69) is 0 Å². The van der Waals surface area contributed by atoms with E-state index in [1.165, 1.54) is 11.3 Å². The van der Waals surface area contributed by atoms with Gasteiger partial charge in [0.15, 0.2) is 6.29 Å². The average molecular weight is 223 g/mol. The van der Waals surface area contributed by atoms with Crippen LogP contribution in [0.4, 0.5) is 0 Å². The number of thiophene rings is 1. The van der Waals surface area contributed by atoms with Crippen LogP contribution in [0.15, 0.2) is 36.4 Å². The smallest absolute Gasteiger partial charge is 0.160 e. The Morgan fingerprint density at radius 3 is 2.57 bits per heavy atom. The van der Waals surface area contributed by atoms with E-state index in [-0.39, 0.29) is 0 Å². The maximum Gasteiger partial charge on any atom is 0.160 e. The molecule has 0 unspecified atom stereocenters. The zero-order valence-corrected chi connectivity index (χ0v) is 8.81. The van der Waals surface area contributed by atoms with Crippen molar-refractivity contribution < 1.29 is 4.79 Å². The van der Waals surface area contributed by atoms with Gasteiger partial charge < -0.3 is 0 Å². The fourth-order valence-corrected chi connectivity index (χ4v) is 2.38. The van der Waals surface area contributed by atoms with E-state index in [1.54, 1.807) is 6.07 Å². The van der Waals surface area contributed by atoms with Crippen molar-refractivity contribution in [2.24, 2.45) is 0 Å². The number of hydrogen-bond acceptors (Lipinski definition) is 2. The second kappa shape index (κ2) is 3.95. The molecular weight excluding hydrogens is 216 g/mol. The molecule has 0 fully saturated rings. The zero-order chi connectivity index (χ0) is 9.97. The van der Waals surface area contributed by atoms with Crippen LogP contribution < -0.4 is 0 Å². The van der Waals surface area contributed by atoms with E-state index in [1.807, 2.05) is 30.3 Å². The van der Waals surface area contributed by atoms with Crippen LogP contribution >= 0.6 is 22.9 Å². The van der Waals surface area contributed by atoms with Crippen LogP contribution in [-0.2, 0) is 0 Å². The van der Waals surface area contributed by atoms with Gasteiger partial charge in [0.2, 0.25) is 0 Å². The molecule has 0 radical (unpaired) electrons. The minimum Gasteiger partial charge on any atom is -0.297 e. The number of aldehydes is 1. The molecule has 0 spiro atoms. The van der Waals surface area contributed by atoms with Gasteiger partial charge in [-0.3, -0.25) is 4.79 Å². The summed E-state index contributed by atoms with van der Waals surface area (Å²) < 4.78 is 0. The molecule has 0 amide bonds. The predicted molar refractivity (Wildman–Crippen MR) is 60.2 cm³/mol. The van der Waals surface area contributed by atoms with Crippen molar-refractivity contribution in [1.82, 2.24) is 0 Å². The van der Waals surface area contributed by atoms with Crippen LogP contribution in [0.25, 0.3) is 10.4 Å². The topological polar surface area (TPSA) is 17.1 Å². The van der Waals surface area contributed by atoms with E-state index >= 15 is 0 Å². The SMILES string of the molecule is O=Cc1ccc(-c2ccccc2Cl)s1. The Kier molecular flexibility index (Phi) is 2.66. The number of carbonyl (C=O) groups is 1. The molecule has 0 bridgehead atoms. The van der Waals surface area contributed by atoms with Gasteiger partial charge >= 0.3 is 0 Å². The van der Waals surface area contributed by atoms with Crippen LogP contribution in [0, 0.1) is 0 Å². The molecular formula is C11H7ClOS. The highest BCUT2D eigenvalue weighted by atomic mass is 35.5. The van der Waals surface area contributed by atoms with Gasteiger partial charge in [-0.15, -0.1) is 11.3 Å². The zero-order valence-electron chi connectivity index (χ0n) is 7.24. The number of carbonyl (C=O) groups excluding carboxylic acids is 1. The quantitative estimate of drug-likeness (QED) is 0.705. The normalized spacial score (nSPS) is 10.1. The first-order valence-electron chi connectivity index (χ1n) is 4.11. The van der Waals surface area contributed by atoms with Crippen molar-refractivity contribution in [3.63, 3.8) is 0 Å². The van der Waals surface area contributed by atoms with Crippen LogP contribution in [0.1, 0.15) is 9.67 Å². The summed E-state index contributed by atoms with van der Waals surface area (Å²) in [4.78, 5) is 12.3. The third-order valence-corrected chi connectivity index (χ3v) is 3.26. The second-order valence-electron chi connectivity index (χ2n) is 2.80. The number of benzene rings is 1. The molecule has 2 rings (SSSR count). The summed E-state index contributed by atoms with van der Waals surface area (Å²) in [6, 6.07) is 11.3. The van der Waals surface area contributed by atoms with Gasteiger partial charge in [0.1, 0.15) is 0 Å². The van der Waals surface area contributed by atoms with Gasteiger partial charge in [-0.05, 0) is 18.2 Å². The fraction of sp³-hybridized carbons (Fsp3) is 0. The van der Waals surface area contributed by atoms with Gasteiger partial charge in [-0.1, -0.05) is 29.8 Å². The molecule has 0 saturated heterocycles. The molecule has 1 nitrogen and oxygen atoms in total. The Labute approximate surface area is 91.0 Å². The minimum absolute atomic E-state index is 0.715. The van der Waals surface area contributed by atoms with Crippen LogP contribution in [0.5, 0.6) is 0 Å². The summed E-state index contributed by atoms with van der Waals surface area (Å²) in [5.41, 5.74) is 0.979. The van der Waals surface area contributed by atoms with E-state index < -0.39 is 0 Å². The van der Waals surface area contributed by atoms with Crippen molar-refractivity contribution in [2.45, 2.75) is 0 Å². The number of halogens is 1. The molecule has 0 aliphatic rings. The molecule has 0 atom stereocenters. The molecule has 0 aliphatic heterocycles. The standard InChI is InChI=1S/C11H7ClOS/c12-10-4-2-1-3-9(10)11-6-5-8(7-13)14-11/h1-7H. The van der Waals surface area contributed by atoms with E-state index in [0.29, 0.717) is 5.02 Å². The van der Waals surface area contributed by atoms with Crippen molar-refractivity contribution in [1.29, 1.82) is 0 Å². The largest absolute Gasteiger partial charge is 0.297 e. The van der Waals surface area contributed by atoms with Crippen molar-refractivity contribution >= 4 is 29.2 Å². The Morgan fingerprint density at radius 2 is 1.93 bits per heavy atom. The molecule has 70 valence electrons. The lowest BCUT2D eigenvalue weighted by Crippen LogP contribution is -1.72. The Balaban J connectivity index is 2.49. The maximum atomic E-state index is 10.5. The first-order valence-corrected chi connectivity index (χ1v) is 5.30. The molecule has 2 aromatic rings. The molecule has 1 aromatic carbocycles. The summed E-state index contributed by atoms with van der Waals surface area (Å²) in [6.45, 7) is 0. The van der Waals surface area contributed by atoms with Crippen LogP contribution in [-0.4, -0.2) is 6.29 Å². The lowest BCUT2D eigenvalue weighted by molar-refractivity contribution is 0.112. The summed E-state index contributed by atoms with van der Waals surface area (Å²) >= 11 is 7.48. The molecule has 1 heterocycles. The first-order chi connectivity index (χ1) is 6.81. The molecule has 1 aromatic heterocycles. The van der Waals surface area contributed by atoms with Gasteiger partial charge in [0.25, 0.3) is 0 Å². The maximum absolute atomic E-state index is 10.5. The van der Waals surface area contributed by atoms with Gasteiger partial charge in [0.05, 0.1) is 4.88 Å². The van der Waals surface area contributed by atoms with Crippen LogP contribution in [0.3, 0.4) is 0 Å². The highest BCUT2D eigenvalue weighted by Crippen LogP contribution is 2.32. The summed E-state index contributed by atoms with van der Waals surface area (Å²) in [5.74, 6) is 0. The fourth-order valence-electron chi connectivity index (χ4n) is 1.22. The lowest BCUT2D eigenvalue weighted by atomic mass is 10.2. The van der Waals surface area contributed by atoms with E-state index in [9.17, 15) is 4.79 Å². The van der Waals surface area contributed by atoms with Crippen molar-refractivity contribution in [2.75, 3.05) is 0 Å². The summed E-state index contributed by atoms with van der Waals surface area (Å²) in [7, 11) is 0. The minimum atomic E-state index is 0.715. The monoisotopic (exact) mass is 222 g/mol. The molecule has 0 N–H and O–H groups in total. The highest BCUT2D eigenvalue weighted by Gasteiger charge is 2.05. The third kappa shape index (κ3) is 1.72. The molecule has 3 heteroatoms. The van der Waals surface area contributed by atoms with Crippen molar-refractivity contribution in [3.05, 3.63) is 46.3 Å². The Hall–Kier alpha value is -1.12. The first kappa shape index (κ1) is 9.44. The predicted octanol–water partition coefficient (Wildman–Crippen LogP) is 3.88. The number of hydrogen-bond donors (Lipinski definition) is 0. The van der Waals surface area contributed by atoms with Gasteiger partial charge in [0, 0.05) is 15.5 Å². The third-order valence-electron chi connectivity index (χ3n) is 1.88. The second-order valence-corrected chi connectivity index (χ2v) is 4.32. The average Bonchev–Trinajstić information content (AvgIpc) is 2.67. The Morgan fingerprint density at radius 1 is 1.14 bits per heavy atom. The van der Waals surface area contributed by atoms with Crippen molar-refractivity contribution in [3.8, 4) is 10.4 Å². The lowest BCUT2D eigenvalue weighted by Gasteiger charge is -1.98. The van der Waals surface area contributed by atoms with E-state index in [4.69, 9.17) is 11.6 Å². The highest BCUT2D eigenvalue weighted by molar-refractivity contribution is 7.17. The van der Waals surface area contributed by atoms with Gasteiger partial charge in [-0.25, -0.2) is 0 Å². The Bertz CT molecular complexity index is 462. The summed E-state index contributed by atoms with van der Waals surface area (Å²) in [5, 5.41) is 0.715. The molecule has 14 heavy (non-hydrogen) atoms.